The normalized spacial score (nSPS) is 17.4. The molecule has 0 aliphatic carbocycles. The van der Waals surface area contributed by atoms with E-state index >= 15 is 0 Å². The van der Waals surface area contributed by atoms with E-state index in [9.17, 15) is 19.2 Å². The Bertz CT molecular complexity index is 1360. The molecule has 4 aromatic carbocycles. The molecule has 0 radical (unpaired) electrons. The molecule has 4 aromatic rings. The Morgan fingerprint density at radius 2 is 1.03 bits per heavy atom. The Morgan fingerprint density at radius 1 is 0.571 bits per heavy atom. The molecule has 0 N–H and O–H groups in total. The standard InChI is InChI=1S/C28H19NO6/c30-25-23(34-27(32)19-11-3-1-4-12-19)24(35-28(33)20-13-5-2-6-14-20)26(31)29(25)22-17-9-15-18-10-7-8-16-21(18)22/h1-17,23-24H/t23-,24-/m0/s1. The maximum atomic E-state index is 13.5. The zero-order valence-electron chi connectivity index (χ0n) is 18.4. The van der Waals surface area contributed by atoms with Gasteiger partial charge in [0, 0.05) is 5.39 Å². The van der Waals surface area contributed by atoms with Crippen LogP contribution in [0.4, 0.5) is 5.69 Å². The van der Waals surface area contributed by atoms with Gasteiger partial charge in [0.2, 0.25) is 12.2 Å². The van der Waals surface area contributed by atoms with Crippen LogP contribution in [-0.2, 0) is 19.1 Å². The Kier molecular flexibility index (Phi) is 5.81. The number of rotatable bonds is 5. The van der Waals surface area contributed by atoms with Gasteiger partial charge in [0.05, 0.1) is 16.8 Å². The first-order valence-electron chi connectivity index (χ1n) is 10.9. The number of anilines is 1. The molecular formula is C28H19NO6. The van der Waals surface area contributed by atoms with Crippen molar-refractivity contribution in [2.45, 2.75) is 12.2 Å². The Labute approximate surface area is 200 Å². The number of nitrogens with zero attached hydrogens (tertiary/aromatic N) is 1. The summed E-state index contributed by atoms with van der Waals surface area (Å²) >= 11 is 0. The minimum atomic E-state index is -1.64. The zero-order valence-corrected chi connectivity index (χ0v) is 18.4. The second-order valence-corrected chi connectivity index (χ2v) is 7.89. The number of ether oxygens (including phenoxy) is 2. The third-order valence-corrected chi connectivity index (χ3v) is 5.70. The van der Waals surface area contributed by atoms with Crippen molar-refractivity contribution < 1.29 is 28.7 Å². The molecule has 2 atom stereocenters. The number of carbonyl (C=O) groups excluding carboxylic acids is 4. The molecule has 0 unspecified atom stereocenters. The smallest absolute Gasteiger partial charge is 0.339 e. The van der Waals surface area contributed by atoms with Crippen molar-refractivity contribution in [3.8, 4) is 0 Å². The molecule has 0 bridgehead atoms. The molecule has 7 heteroatoms. The molecule has 35 heavy (non-hydrogen) atoms. The third-order valence-electron chi connectivity index (χ3n) is 5.70. The van der Waals surface area contributed by atoms with Gasteiger partial charge in [-0.15, -0.1) is 0 Å². The van der Waals surface area contributed by atoms with Crippen LogP contribution in [0.3, 0.4) is 0 Å². The molecule has 0 aromatic heterocycles. The summed E-state index contributed by atoms with van der Waals surface area (Å²) in [6.07, 6.45) is -3.27. The predicted octanol–water partition coefficient (Wildman–Crippen LogP) is 4.16. The van der Waals surface area contributed by atoms with Gasteiger partial charge < -0.3 is 9.47 Å². The van der Waals surface area contributed by atoms with E-state index < -0.39 is 36.0 Å². The van der Waals surface area contributed by atoms with E-state index in [2.05, 4.69) is 0 Å². The quantitative estimate of drug-likeness (QED) is 0.325. The van der Waals surface area contributed by atoms with Gasteiger partial charge in [-0.2, -0.15) is 0 Å². The maximum absolute atomic E-state index is 13.5. The number of carbonyl (C=O) groups is 4. The predicted molar refractivity (Wildman–Crippen MR) is 128 cm³/mol. The number of hydrogen-bond acceptors (Lipinski definition) is 6. The van der Waals surface area contributed by atoms with Gasteiger partial charge in [0.1, 0.15) is 0 Å². The number of imide groups is 1. The summed E-state index contributed by atoms with van der Waals surface area (Å²) in [5, 5.41) is 1.47. The molecule has 0 spiro atoms. The van der Waals surface area contributed by atoms with E-state index in [1.807, 2.05) is 18.2 Å². The first kappa shape index (κ1) is 22.0. The Hall–Kier alpha value is -4.78. The van der Waals surface area contributed by atoms with Crippen molar-refractivity contribution in [2.24, 2.45) is 0 Å². The van der Waals surface area contributed by atoms with Gasteiger partial charge in [-0.05, 0) is 35.7 Å². The van der Waals surface area contributed by atoms with Crippen LogP contribution in [0.2, 0.25) is 0 Å². The fraction of sp³-hybridized carbons (Fsp3) is 0.0714. The van der Waals surface area contributed by atoms with Crippen LogP contribution in [0.15, 0.2) is 103 Å². The maximum Gasteiger partial charge on any atom is 0.339 e. The highest BCUT2D eigenvalue weighted by molar-refractivity contribution is 6.27. The molecule has 7 nitrogen and oxygen atoms in total. The Morgan fingerprint density at radius 3 is 1.57 bits per heavy atom. The summed E-state index contributed by atoms with van der Waals surface area (Å²) in [4.78, 5) is 53.4. The topological polar surface area (TPSA) is 90.0 Å². The lowest BCUT2D eigenvalue weighted by Gasteiger charge is -2.16. The van der Waals surface area contributed by atoms with Crippen LogP contribution in [-0.4, -0.2) is 36.0 Å². The summed E-state index contributed by atoms with van der Waals surface area (Å²) in [5.41, 5.74) is 0.714. The van der Waals surface area contributed by atoms with Crippen LogP contribution in [0.1, 0.15) is 20.7 Å². The first-order valence-corrected chi connectivity index (χ1v) is 10.9. The van der Waals surface area contributed by atoms with Crippen LogP contribution in [0.25, 0.3) is 10.8 Å². The monoisotopic (exact) mass is 465 g/mol. The number of hydrogen-bond donors (Lipinski definition) is 0. The van der Waals surface area contributed by atoms with Gasteiger partial charge in [0.25, 0.3) is 11.8 Å². The van der Waals surface area contributed by atoms with Crippen molar-refractivity contribution in [3.63, 3.8) is 0 Å². The van der Waals surface area contributed by atoms with Crippen molar-refractivity contribution in [2.75, 3.05) is 4.90 Å². The SMILES string of the molecule is O=C(O[C@@H]1C(=O)N(c2cccc3ccccc23)C(=O)[C@H]1OC(=O)c1ccccc1)c1ccccc1. The van der Waals surface area contributed by atoms with Crippen LogP contribution in [0.5, 0.6) is 0 Å². The number of esters is 2. The molecule has 172 valence electrons. The van der Waals surface area contributed by atoms with Crippen LogP contribution >= 0.6 is 0 Å². The Balaban J connectivity index is 1.53. The van der Waals surface area contributed by atoms with E-state index in [-0.39, 0.29) is 11.1 Å². The highest BCUT2D eigenvalue weighted by atomic mass is 16.6. The number of fused-ring (bicyclic) bond motifs is 1. The first-order chi connectivity index (χ1) is 17.0. The van der Waals surface area contributed by atoms with E-state index in [0.29, 0.717) is 11.1 Å². The average molecular weight is 465 g/mol. The molecule has 1 aliphatic rings. The fourth-order valence-electron chi connectivity index (χ4n) is 4.00. The molecule has 0 saturated carbocycles. The summed E-state index contributed by atoms with van der Waals surface area (Å²) in [6.45, 7) is 0. The van der Waals surface area contributed by atoms with Gasteiger partial charge in [-0.25, -0.2) is 14.5 Å². The summed E-state index contributed by atoms with van der Waals surface area (Å²) in [7, 11) is 0. The van der Waals surface area contributed by atoms with Crippen molar-refractivity contribution in [1.82, 2.24) is 0 Å². The second-order valence-electron chi connectivity index (χ2n) is 7.89. The second kappa shape index (κ2) is 9.23. The van der Waals surface area contributed by atoms with E-state index in [1.54, 1.807) is 60.7 Å². The van der Waals surface area contributed by atoms with Crippen molar-refractivity contribution in [1.29, 1.82) is 0 Å². The number of amides is 2. The molecule has 1 aliphatic heterocycles. The highest BCUT2D eigenvalue weighted by Crippen LogP contribution is 2.33. The van der Waals surface area contributed by atoms with Gasteiger partial charge >= 0.3 is 11.9 Å². The molecule has 5 rings (SSSR count). The van der Waals surface area contributed by atoms with Crippen molar-refractivity contribution >= 4 is 40.2 Å². The largest absolute Gasteiger partial charge is 0.444 e. The molecule has 1 saturated heterocycles. The lowest BCUT2D eigenvalue weighted by molar-refractivity contribution is -0.130. The minimum Gasteiger partial charge on any atom is -0.444 e. The minimum absolute atomic E-state index is 0.199. The summed E-state index contributed by atoms with van der Waals surface area (Å²) < 4.78 is 10.9. The van der Waals surface area contributed by atoms with E-state index in [0.717, 1.165) is 10.3 Å². The van der Waals surface area contributed by atoms with Crippen LogP contribution < -0.4 is 4.90 Å². The summed E-state index contributed by atoms with van der Waals surface area (Å²) in [6, 6.07) is 28.6. The molecule has 1 heterocycles. The van der Waals surface area contributed by atoms with Crippen LogP contribution in [0, 0.1) is 0 Å². The fourth-order valence-corrected chi connectivity index (χ4v) is 4.00. The zero-order chi connectivity index (χ0) is 24.4. The third kappa shape index (κ3) is 4.15. The highest BCUT2D eigenvalue weighted by Gasteiger charge is 2.53. The molecular weight excluding hydrogens is 446 g/mol. The lowest BCUT2D eigenvalue weighted by Crippen LogP contribution is -2.37. The lowest BCUT2D eigenvalue weighted by atomic mass is 10.1. The number of benzene rings is 4. The summed E-state index contributed by atoms with van der Waals surface area (Å²) in [5.74, 6) is -3.20. The van der Waals surface area contributed by atoms with Gasteiger partial charge in [0.15, 0.2) is 0 Å². The van der Waals surface area contributed by atoms with E-state index in [1.165, 1.54) is 24.3 Å². The van der Waals surface area contributed by atoms with Crippen molar-refractivity contribution in [3.05, 3.63) is 114 Å². The molecule has 2 amide bonds. The van der Waals surface area contributed by atoms with Gasteiger partial charge in [-0.3, -0.25) is 9.59 Å². The van der Waals surface area contributed by atoms with Gasteiger partial charge in [-0.1, -0.05) is 72.8 Å². The van der Waals surface area contributed by atoms with E-state index in [4.69, 9.17) is 9.47 Å². The average Bonchev–Trinajstić information content (AvgIpc) is 3.13. The molecule has 1 fully saturated rings.